The summed E-state index contributed by atoms with van der Waals surface area (Å²) in [4.78, 5) is 0. The smallest absolute Gasteiger partial charge is 0.0283 e. The fourth-order valence-electron chi connectivity index (χ4n) is 0.841. The summed E-state index contributed by atoms with van der Waals surface area (Å²) in [6.07, 6.45) is 11.5. The Morgan fingerprint density at radius 3 is 2.64 bits per heavy atom. The first-order valence-corrected chi connectivity index (χ1v) is 4.42. The van der Waals surface area contributed by atoms with E-state index in [1.165, 1.54) is 25.7 Å². The van der Waals surface area contributed by atoms with E-state index < -0.39 is 0 Å². The first-order chi connectivity index (χ1) is 5.27. The van der Waals surface area contributed by atoms with Crippen molar-refractivity contribution in [1.82, 2.24) is 0 Å². The number of allylic oxidation sites excluding steroid dienone is 4. The van der Waals surface area contributed by atoms with Crippen molar-refractivity contribution in [3.63, 3.8) is 0 Å². The molecule has 0 saturated carbocycles. The highest BCUT2D eigenvalue weighted by molar-refractivity contribution is 5.12. The van der Waals surface area contributed by atoms with Gasteiger partial charge in [-0.05, 0) is 26.7 Å². The molecule has 0 heterocycles. The lowest BCUT2D eigenvalue weighted by atomic mass is 10.2. The van der Waals surface area contributed by atoms with E-state index in [1.807, 2.05) is 13.0 Å². The van der Waals surface area contributed by atoms with Crippen molar-refractivity contribution in [3.8, 4) is 0 Å². The summed E-state index contributed by atoms with van der Waals surface area (Å²) in [5.41, 5.74) is 1.12. The zero-order chi connectivity index (χ0) is 8.53. The Labute approximate surface area is 71.0 Å². The van der Waals surface area contributed by atoms with Crippen molar-refractivity contribution < 1.29 is 0 Å². The van der Waals surface area contributed by atoms with Crippen molar-refractivity contribution >= 4 is 0 Å². The fourth-order valence-corrected chi connectivity index (χ4v) is 0.841. The predicted molar refractivity (Wildman–Crippen MR) is 52.4 cm³/mol. The molecule has 0 aliphatic rings. The summed E-state index contributed by atoms with van der Waals surface area (Å²) in [5, 5.41) is 0. The first kappa shape index (κ1) is 10.5. The molecule has 0 unspecified atom stereocenters. The zero-order valence-electron chi connectivity index (χ0n) is 7.77. The van der Waals surface area contributed by atoms with Crippen LogP contribution in [-0.2, 0) is 0 Å². The summed E-state index contributed by atoms with van der Waals surface area (Å²) < 4.78 is 0. The van der Waals surface area contributed by atoms with Crippen LogP contribution in [0.5, 0.6) is 0 Å². The molecule has 0 aliphatic heterocycles. The van der Waals surface area contributed by atoms with Gasteiger partial charge in [0.05, 0.1) is 0 Å². The van der Waals surface area contributed by atoms with E-state index in [0.717, 1.165) is 5.57 Å². The van der Waals surface area contributed by atoms with Gasteiger partial charge in [-0.25, -0.2) is 0 Å². The Balaban J connectivity index is 3.23. The molecule has 0 spiro atoms. The lowest BCUT2D eigenvalue weighted by Crippen LogP contribution is -1.70. The van der Waals surface area contributed by atoms with Crippen LogP contribution in [0, 0.1) is 6.92 Å². The molecule has 11 heavy (non-hydrogen) atoms. The highest BCUT2D eigenvalue weighted by atomic mass is 13.9. The van der Waals surface area contributed by atoms with Crippen molar-refractivity contribution in [2.24, 2.45) is 0 Å². The second-order valence-electron chi connectivity index (χ2n) is 2.94. The van der Waals surface area contributed by atoms with Gasteiger partial charge in [0.15, 0.2) is 0 Å². The Morgan fingerprint density at radius 2 is 2.09 bits per heavy atom. The predicted octanol–water partition coefficient (Wildman–Crippen LogP) is 3.90. The molecule has 0 aromatic carbocycles. The normalized spacial score (nSPS) is 12.8. The van der Waals surface area contributed by atoms with E-state index in [9.17, 15) is 0 Å². The van der Waals surface area contributed by atoms with Crippen LogP contribution in [0.2, 0.25) is 0 Å². The topological polar surface area (TPSA) is 0 Å². The van der Waals surface area contributed by atoms with Gasteiger partial charge in [-0.3, -0.25) is 0 Å². The summed E-state index contributed by atoms with van der Waals surface area (Å²) in [6.45, 7) is 8.02. The van der Waals surface area contributed by atoms with Crippen molar-refractivity contribution in [3.05, 3.63) is 30.7 Å². The minimum atomic E-state index is 1.12. The van der Waals surface area contributed by atoms with E-state index in [4.69, 9.17) is 0 Å². The van der Waals surface area contributed by atoms with Crippen molar-refractivity contribution in [1.29, 1.82) is 0 Å². The molecule has 0 aromatic heterocycles. The van der Waals surface area contributed by atoms with Gasteiger partial charge in [0.25, 0.3) is 0 Å². The molecule has 0 saturated heterocycles. The number of rotatable bonds is 5. The second-order valence-corrected chi connectivity index (χ2v) is 2.94. The van der Waals surface area contributed by atoms with Crippen LogP contribution in [0.4, 0.5) is 0 Å². The molecule has 0 bridgehead atoms. The summed E-state index contributed by atoms with van der Waals surface area (Å²) >= 11 is 0. The SMILES string of the molecule is [CH2]/C(C)=C/C=C/CCCCC. The minimum absolute atomic E-state index is 1.12. The Hall–Kier alpha value is -0.520. The monoisotopic (exact) mass is 151 g/mol. The molecular weight excluding hydrogens is 132 g/mol. The summed E-state index contributed by atoms with van der Waals surface area (Å²) in [5.74, 6) is 0. The standard InChI is InChI=1S/C11H19/c1-4-5-6-7-8-9-10-11(2)3/h8-10H,2,4-7H2,1,3H3/b9-8+,11-10-. The maximum atomic E-state index is 3.78. The first-order valence-electron chi connectivity index (χ1n) is 4.42. The number of unbranched alkanes of at least 4 members (excludes halogenated alkanes) is 3. The van der Waals surface area contributed by atoms with E-state index >= 15 is 0 Å². The van der Waals surface area contributed by atoms with Gasteiger partial charge in [-0.2, -0.15) is 0 Å². The molecule has 0 nitrogen and oxygen atoms in total. The molecule has 0 heteroatoms. The zero-order valence-corrected chi connectivity index (χ0v) is 7.77. The van der Waals surface area contributed by atoms with Gasteiger partial charge >= 0.3 is 0 Å². The number of hydrogen-bond donors (Lipinski definition) is 0. The van der Waals surface area contributed by atoms with E-state index in [2.05, 4.69) is 26.0 Å². The molecule has 0 aromatic rings. The maximum Gasteiger partial charge on any atom is -0.0283 e. The Morgan fingerprint density at radius 1 is 1.36 bits per heavy atom. The minimum Gasteiger partial charge on any atom is -0.0845 e. The van der Waals surface area contributed by atoms with Crippen LogP contribution in [0.25, 0.3) is 0 Å². The Kier molecular flexibility index (Phi) is 7.23. The van der Waals surface area contributed by atoms with Gasteiger partial charge in [-0.1, -0.05) is 43.6 Å². The molecule has 0 atom stereocenters. The maximum absolute atomic E-state index is 3.78. The molecule has 63 valence electrons. The van der Waals surface area contributed by atoms with Crippen molar-refractivity contribution in [2.45, 2.75) is 39.5 Å². The van der Waals surface area contributed by atoms with Gasteiger partial charge in [0, 0.05) is 0 Å². The van der Waals surface area contributed by atoms with Crippen LogP contribution in [-0.4, -0.2) is 0 Å². The largest absolute Gasteiger partial charge is 0.0845 e. The van der Waals surface area contributed by atoms with Gasteiger partial charge in [-0.15, -0.1) is 0 Å². The molecule has 0 aliphatic carbocycles. The van der Waals surface area contributed by atoms with Crippen LogP contribution in [0.1, 0.15) is 39.5 Å². The third kappa shape index (κ3) is 9.48. The van der Waals surface area contributed by atoms with Gasteiger partial charge < -0.3 is 0 Å². The van der Waals surface area contributed by atoms with E-state index in [-0.39, 0.29) is 0 Å². The fraction of sp³-hybridized carbons (Fsp3) is 0.545. The second kappa shape index (κ2) is 7.59. The molecule has 0 fully saturated rings. The lowest BCUT2D eigenvalue weighted by molar-refractivity contribution is 0.729. The third-order valence-electron chi connectivity index (χ3n) is 1.49. The van der Waals surface area contributed by atoms with Crippen LogP contribution in [0.15, 0.2) is 23.8 Å². The van der Waals surface area contributed by atoms with Crippen LogP contribution >= 0.6 is 0 Å². The van der Waals surface area contributed by atoms with Gasteiger partial charge in [0.1, 0.15) is 0 Å². The lowest BCUT2D eigenvalue weighted by Gasteiger charge is -1.90. The molecule has 0 N–H and O–H groups in total. The van der Waals surface area contributed by atoms with Gasteiger partial charge in [0.2, 0.25) is 0 Å². The highest BCUT2D eigenvalue weighted by Crippen LogP contribution is 1.99. The summed E-state index contributed by atoms with van der Waals surface area (Å²) in [6, 6.07) is 0. The highest BCUT2D eigenvalue weighted by Gasteiger charge is 1.79. The molecule has 1 radical (unpaired) electrons. The van der Waals surface area contributed by atoms with E-state index in [0.29, 0.717) is 0 Å². The molecular formula is C11H19. The summed E-state index contributed by atoms with van der Waals surface area (Å²) in [7, 11) is 0. The third-order valence-corrected chi connectivity index (χ3v) is 1.49. The van der Waals surface area contributed by atoms with Crippen LogP contribution in [0.3, 0.4) is 0 Å². The van der Waals surface area contributed by atoms with Crippen LogP contribution < -0.4 is 0 Å². The molecule has 0 rings (SSSR count). The average molecular weight is 151 g/mol. The Bertz CT molecular complexity index is 125. The average Bonchev–Trinajstić information content (AvgIpc) is 1.96. The van der Waals surface area contributed by atoms with Crippen molar-refractivity contribution in [2.75, 3.05) is 0 Å². The quantitative estimate of drug-likeness (QED) is 0.413. The van der Waals surface area contributed by atoms with E-state index in [1.54, 1.807) is 0 Å². The molecule has 0 amide bonds. The number of hydrogen-bond acceptors (Lipinski definition) is 0.